The van der Waals surface area contributed by atoms with Crippen LogP contribution in [0.2, 0.25) is 0 Å². The highest BCUT2D eigenvalue weighted by atomic mass is 32.1. The first-order valence-electron chi connectivity index (χ1n) is 7.64. The number of guanidine groups is 1. The summed E-state index contributed by atoms with van der Waals surface area (Å²) in [6.07, 6.45) is 1.00. The predicted octanol–water partition coefficient (Wildman–Crippen LogP) is 0.831. The van der Waals surface area contributed by atoms with Gasteiger partial charge in [0.05, 0.1) is 6.54 Å². The number of nitrogens with zero attached hydrogens (tertiary/aromatic N) is 3. The molecule has 1 atom stereocenters. The molecule has 0 bridgehead atoms. The molecule has 1 aromatic rings. The zero-order valence-electron chi connectivity index (χ0n) is 13.1. The number of rotatable bonds is 6. The van der Waals surface area contributed by atoms with E-state index in [1.165, 1.54) is 4.88 Å². The highest BCUT2D eigenvalue weighted by Crippen LogP contribution is 2.08. The van der Waals surface area contributed by atoms with Crippen molar-refractivity contribution in [2.45, 2.75) is 19.4 Å². The zero-order chi connectivity index (χ0) is 15.1. The Balaban J connectivity index is 1.65. The second-order valence-electron chi connectivity index (χ2n) is 5.67. The van der Waals surface area contributed by atoms with Gasteiger partial charge >= 0.3 is 0 Å². The quantitative estimate of drug-likeness (QED) is 0.604. The van der Waals surface area contributed by atoms with E-state index in [4.69, 9.17) is 5.73 Å². The normalized spacial score (nSPS) is 19.6. The largest absolute Gasteiger partial charge is 0.370 e. The molecule has 1 aliphatic heterocycles. The fraction of sp³-hybridized carbons (Fsp3) is 0.667. The van der Waals surface area contributed by atoms with Gasteiger partial charge in [0.15, 0.2) is 5.96 Å². The molecule has 1 aliphatic rings. The molecule has 2 rings (SSSR count). The Kier molecular flexibility index (Phi) is 6.48. The van der Waals surface area contributed by atoms with E-state index in [1.54, 1.807) is 11.3 Å². The molecular formula is C15H27N5S. The summed E-state index contributed by atoms with van der Waals surface area (Å²) < 4.78 is 0. The predicted molar refractivity (Wildman–Crippen MR) is 91.0 cm³/mol. The van der Waals surface area contributed by atoms with Gasteiger partial charge in [-0.15, -0.1) is 11.3 Å². The minimum Gasteiger partial charge on any atom is -0.370 e. The summed E-state index contributed by atoms with van der Waals surface area (Å²) in [5, 5.41) is 5.30. The van der Waals surface area contributed by atoms with Crippen LogP contribution in [0.5, 0.6) is 0 Å². The van der Waals surface area contributed by atoms with E-state index in [0.29, 0.717) is 12.0 Å². The number of likely N-dealkylation sites (N-methyl/N-ethyl adjacent to an activating group) is 1. The lowest BCUT2D eigenvalue weighted by atomic mass is 10.2. The molecule has 5 nitrogen and oxygen atoms in total. The summed E-state index contributed by atoms with van der Waals surface area (Å²) in [7, 11) is 2.18. The van der Waals surface area contributed by atoms with Crippen LogP contribution >= 0.6 is 11.3 Å². The Bertz CT molecular complexity index is 423. The van der Waals surface area contributed by atoms with Gasteiger partial charge in [-0.1, -0.05) is 6.07 Å². The summed E-state index contributed by atoms with van der Waals surface area (Å²) in [5.74, 6) is 0.563. The Morgan fingerprint density at radius 3 is 2.86 bits per heavy atom. The summed E-state index contributed by atoms with van der Waals surface area (Å²) in [4.78, 5) is 10.7. The third-order valence-electron chi connectivity index (χ3n) is 3.94. The van der Waals surface area contributed by atoms with Crippen LogP contribution in [-0.2, 0) is 6.42 Å². The van der Waals surface area contributed by atoms with Crippen LogP contribution < -0.4 is 11.1 Å². The Labute approximate surface area is 131 Å². The van der Waals surface area contributed by atoms with E-state index < -0.39 is 0 Å². The average molecular weight is 309 g/mol. The van der Waals surface area contributed by atoms with Gasteiger partial charge in [0.25, 0.3) is 0 Å². The summed E-state index contributed by atoms with van der Waals surface area (Å²) >= 11 is 1.78. The maximum Gasteiger partial charge on any atom is 0.188 e. The van der Waals surface area contributed by atoms with Crippen molar-refractivity contribution in [3.8, 4) is 0 Å². The molecule has 0 spiro atoms. The molecule has 6 heteroatoms. The smallest absolute Gasteiger partial charge is 0.188 e. The topological polar surface area (TPSA) is 56.9 Å². The molecule has 21 heavy (non-hydrogen) atoms. The molecule has 1 saturated heterocycles. The van der Waals surface area contributed by atoms with E-state index in [1.807, 2.05) is 0 Å². The lowest BCUT2D eigenvalue weighted by Crippen LogP contribution is -2.49. The molecule has 1 fully saturated rings. The highest BCUT2D eigenvalue weighted by Gasteiger charge is 2.18. The minimum absolute atomic E-state index is 0.455. The van der Waals surface area contributed by atoms with Crippen LogP contribution in [0.1, 0.15) is 11.8 Å². The van der Waals surface area contributed by atoms with Crippen LogP contribution in [0, 0.1) is 0 Å². The van der Waals surface area contributed by atoms with Crippen LogP contribution in [0.3, 0.4) is 0 Å². The molecule has 0 radical (unpaired) electrons. The first kappa shape index (κ1) is 16.3. The Hall–Kier alpha value is -1.11. The number of thiophene rings is 1. The standard InChI is InChI=1S/C15H27N5S/c1-13(20-9-7-19(2)8-10-20)12-18-15(16)17-6-5-14-4-3-11-21-14/h3-4,11,13H,5-10,12H2,1-2H3,(H3,16,17,18). The molecular weight excluding hydrogens is 282 g/mol. The van der Waals surface area contributed by atoms with Crippen molar-refractivity contribution in [2.24, 2.45) is 10.7 Å². The molecule has 1 aromatic heterocycles. The first-order chi connectivity index (χ1) is 10.1. The first-order valence-corrected chi connectivity index (χ1v) is 8.52. The van der Waals surface area contributed by atoms with E-state index in [-0.39, 0.29) is 0 Å². The monoisotopic (exact) mass is 309 g/mol. The fourth-order valence-electron chi connectivity index (χ4n) is 2.43. The van der Waals surface area contributed by atoms with Crippen molar-refractivity contribution in [2.75, 3.05) is 46.3 Å². The molecule has 118 valence electrons. The van der Waals surface area contributed by atoms with Crippen molar-refractivity contribution in [3.63, 3.8) is 0 Å². The minimum atomic E-state index is 0.455. The second-order valence-corrected chi connectivity index (χ2v) is 6.70. The van der Waals surface area contributed by atoms with Gasteiger partial charge in [-0.05, 0) is 31.8 Å². The van der Waals surface area contributed by atoms with Gasteiger partial charge in [0.2, 0.25) is 0 Å². The molecule has 2 heterocycles. The van der Waals surface area contributed by atoms with Crippen molar-refractivity contribution in [3.05, 3.63) is 22.4 Å². The molecule has 0 aromatic carbocycles. The third kappa shape index (κ3) is 5.65. The van der Waals surface area contributed by atoms with Gasteiger partial charge in [-0.3, -0.25) is 9.89 Å². The molecule has 0 saturated carbocycles. The van der Waals surface area contributed by atoms with Crippen molar-refractivity contribution >= 4 is 17.3 Å². The van der Waals surface area contributed by atoms with Gasteiger partial charge < -0.3 is 16.0 Å². The molecule has 1 unspecified atom stereocenters. The fourth-order valence-corrected chi connectivity index (χ4v) is 3.14. The summed E-state index contributed by atoms with van der Waals surface area (Å²) in [5.41, 5.74) is 5.93. The maximum atomic E-state index is 5.93. The molecule has 3 N–H and O–H groups in total. The zero-order valence-corrected chi connectivity index (χ0v) is 13.9. The Morgan fingerprint density at radius 2 is 2.19 bits per heavy atom. The van der Waals surface area contributed by atoms with E-state index in [2.05, 4.69) is 51.6 Å². The van der Waals surface area contributed by atoms with Gasteiger partial charge in [0, 0.05) is 43.6 Å². The van der Waals surface area contributed by atoms with Crippen molar-refractivity contribution < 1.29 is 0 Å². The maximum absolute atomic E-state index is 5.93. The van der Waals surface area contributed by atoms with Gasteiger partial charge in [-0.25, -0.2) is 0 Å². The number of nitrogens with two attached hydrogens (primary N) is 1. The highest BCUT2D eigenvalue weighted by molar-refractivity contribution is 7.09. The van der Waals surface area contributed by atoms with E-state index in [9.17, 15) is 0 Å². The van der Waals surface area contributed by atoms with Crippen LogP contribution in [0.15, 0.2) is 22.5 Å². The van der Waals surface area contributed by atoms with E-state index >= 15 is 0 Å². The lowest BCUT2D eigenvalue weighted by molar-refractivity contribution is 0.122. The van der Waals surface area contributed by atoms with Crippen molar-refractivity contribution in [1.29, 1.82) is 0 Å². The van der Waals surface area contributed by atoms with Gasteiger partial charge in [-0.2, -0.15) is 0 Å². The van der Waals surface area contributed by atoms with Crippen LogP contribution in [-0.4, -0.2) is 68.1 Å². The third-order valence-corrected chi connectivity index (χ3v) is 4.88. The van der Waals surface area contributed by atoms with Crippen molar-refractivity contribution in [1.82, 2.24) is 15.1 Å². The number of nitrogens with one attached hydrogen (secondary N) is 1. The van der Waals surface area contributed by atoms with E-state index in [0.717, 1.165) is 45.7 Å². The van der Waals surface area contributed by atoms with Crippen LogP contribution in [0.4, 0.5) is 0 Å². The van der Waals surface area contributed by atoms with Gasteiger partial charge in [0.1, 0.15) is 0 Å². The Morgan fingerprint density at radius 1 is 1.43 bits per heavy atom. The number of aliphatic imine (C=N–C) groups is 1. The molecule has 0 amide bonds. The number of hydrogen-bond acceptors (Lipinski definition) is 4. The summed E-state index contributed by atoms with van der Waals surface area (Å²) in [6, 6.07) is 4.68. The summed E-state index contributed by atoms with van der Waals surface area (Å²) in [6.45, 7) is 8.37. The molecule has 0 aliphatic carbocycles. The number of hydrogen-bond donors (Lipinski definition) is 2. The second kappa shape index (κ2) is 8.36. The average Bonchev–Trinajstić information content (AvgIpc) is 2.99. The SMILES string of the molecule is CC(CN=C(N)NCCc1cccs1)N1CCN(C)CC1. The van der Waals surface area contributed by atoms with Crippen LogP contribution in [0.25, 0.3) is 0 Å². The lowest BCUT2D eigenvalue weighted by Gasteiger charge is -2.35. The number of piperazine rings is 1.